The van der Waals surface area contributed by atoms with Crippen LogP contribution in [-0.4, -0.2) is 55.4 Å². The Morgan fingerprint density at radius 1 is 1.00 bits per heavy atom. The van der Waals surface area contributed by atoms with Crippen LogP contribution in [0.15, 0.2) is 83.1 Å². The molecule has 1 aromatic heterocycles. The molecule has 0 spiro atoms. The van der Waals surface area contributed by atoms with E-state index >= 15 is 0 Å². The van der Waals surface area contributed by atoms with Crippen LogP contribution in [-0.2, 0) is 14.8 Å². The van der Waals surface area contributed by atoms with Crippen LogP contribution in [0.4, 0.5) is 5.69 Å². The molecule has 0 saturated carbocycles. The molecule has 2 heterocycles. The fourth-order valence-corrected chi connectivity index (χ4v) is 5.51. The van der Waals surface area contributed by atoms with Gasteiger partial charge in [-0.3, -0.25) is 14.6 Å². The maximum atomic E-state index is 12.9. The number of amides is 2. The van der Waals surface area contributed by atoms with Gasteiger partial charge in [0.2, 0.25) is 15.9 Å². The summed E-state index contributed by atoms with van der Waals surface area (Å²) in [5.41, 5.74) is 5.07. The Morgan fingerprint density at radius 3 is 2.29 bits per heavy atom. The summed E-state index contributed by atoms with van der Waals surface area (Å²) in [7, 11) is -2.11. The molecular weight excluding hydrogens is 506 g/mol. The first-order chi connectivity index (χ1) is 18.3. The van der Waals surface area contributed by atoms with Gasteiger partial charge < -0.3 is 10.1 Å². The number of nitrogens with zero attached hydrogens (tertiary/aromatic N) is 3. The molecule has 1 aliphatic rings. The maximum absolute atomic E-state index is 12.9. The fraction of sp³-hybridized carbons (Fsp3) is 0.259. The number of carbonyl (C=O) groups excluding carboxylic acids is 2. The minimum Gasteiger partial charge on any atom is -0.497 e. The summed E-state index contributed by atoms with van der Waals surface area (Å²) in [6.07, 6.45) is 3.90. The Hall–Kier alpha value is -4.09. The van der Waals surface area contributed by atoms with Crippen molar-refractivity contribution in [3.63, 3.8) is 0 Å². The molecule has 2 aromatic carbocycles. The first kappa shape index (κ1) is 27.0. The van der Waals surface area contributed by atoms with Gasteiger partial charge in [-0.2, -0.15) is 9.41 Å². The van der Waals surface area contributed by atoms with Crippen molar-refractivity contribution in [2.24, 2.45) is 11.0 Å². The molecule has 1 fully saturated rings. The van der Waals surface area contributed by atoms with Gasteiger partial charge in [0.15, 0.2) is 0 Å². The summed E-state index contributed by atoms with van der Waals surface area (Å²) in [5.74, 6) is -0.254. The lowest BCUT2D eigenvalue weighted by Crippen LogP contribution is -2.42. The van der Waals surface area contributed by atoms with Crippen molar-refractivity contribution in [1.82, 2.24) is 14.7 Å². The summed E-state index contributed by atoms with van der Waals surface area (Å²) in [4.78, 5) is 29.1. The SMILES string of the molecule is COc1ccc(S(=O)(=O)N2CCC(C(=O)N/N=C(\C)c3ccc(NC(=O)c4cccnc4)cc3)CC2)cc1. The lowest BCUT2D eigenvalue weighted by Gasteiger charge is -2.30. The topological polar surface area (TPSA) is 130 Å². The van der Waals surface area contributed by atoms with E-state index in [1.165, 1.54) is 29.7 Å². The van der Waals surface area contributed by atoms with Gasteiger partial charge in [-0.1, -0.05) is 12.1 Å². The van der Waals surface area contributed by atoms with Crippen molar-refractivity contribution in [2.75, 3.05) is 25.5 Å². The number of hydrazone groups is 1. The van der Waals surface area contributed by atoms with Crippen LogP contribution in [0.3, 0.4) is 0 Å². The first-order valence-corrected chi connectivity index (χ1v) is 13.5. The van der Waals surface area contributed by atoms with Gasteiger partial charge in [0, 0.05) is 37.1 Å². The molecule has 0 aliphatic carbocycles. The quantitative estimate of drug-likeness (QED) is 0.336. The van der Waals surface area contributed by atoms with Crippen LogP contribution in [0.5, 0.6) is 5.75 Å². The van der Waals surface area contributed by atoms with E-state index in [-0.39, 0.29) is 35.7 Å². The lowest BCUT2D eigenvalue weighted by molar-refractivity contribution is -0.126. The van der Waals surface area contributed by atoms with E-state index < -0.39 is 10.0 Å². The van der Waals surface area contributed by atoms with Crippen molar-refractivity contribution in [3.8, 4) is 5.75 Å². The number of sulfonamides is 1. The summed E-state index contributed by atoms with van der Waals surface area (Å²) in [6, 6.07) is 16.7. The van der Waals surface area contributed by atoms with E-state index in [0.29, 0.717) is 35.6 Å². The molecule has 0 unspecified atom stereocenters. The number of hydrogen-bond acceptors (Lipinski definition) is 7. The van der Waals surface area contributed by atoms with Crippen LogP contribution in [0.25, 0.3) is 0 Å². The smallest absolute Gasteiger partial charge is 0.257 e. The molecule has 2 amide bonds. The summed E-state index contributed by atoms with van der Waals surface area (Å²) < 4.78 is 32.3. The van der Waals surface area contributed by atoms with Crippen molar-refractivity contribution in [2.45, 2.75) is 24.7 Å². The number of hydrogen-bond donors (Lipinski definition) is 2. The zero-order valence-electron chi connectivity index (χ0n) is 21.1. The second-order valence-electron chi connectivity index (χ2n) is 8.80. The molecule has 10 nitrogen and oxygen atoms in total. The molecule has 0 radical (unpaired) electrons. The van der Waals surface area contributed by atoms with Crippen molar-refractivity contribution >= 4 is 33.2 Å². The molecule has 4 rings (SSSR count). The van der Waals surface area contributed by atoms with E-state index in [1.54, 1.807) is 61.7 Å². The molecule has 0 atom stereocenters. The van der Waals surface area contributed by atoms with E-state index in [9.17, 15) is 18.0 Å². The number of aromatic nitrogens is 1. The number of benzene rings is 2. The fourth-order valence-electron chi connectivity index (χ4n) is 4.04. The molecule has 198 valence electrons. The zero-order chi connectivity index (χ0) is 27.1. The van der Waals surface area contributed by atoms with E-state index in [0.717, 1.165) is 5.56 Å². The van der Waals surface area contributed by atoms with Crippen LogP contribution < -0.4 is 15.5 Å². The minimum atomic E-state index is -3.64. The number of ether oxygens (including phenoxy) is 1. The number of anilines is 1. The van der Waals surface area contributed by atoms with Crippen LogP contribution in [0.1, 0.15) is 35.7 Å². The highest BCUT2D eigenvalue weighted by Crippen LogP contribution is 2.25. The number of nitrogens with one attached hydrogen (secondary N) is 2. The first-order valence-electron chi connectivity index (χ1n) is 12.1. The molecular formula is C27H29N5O5S. The van der Waals surface area contributed by atoms with Gasteiger partial charge in [-0.15, -0.1) is 0 Å². The van der Waals surface area contributed by atoms with Crippen LogP contribution in [0.2, 0.25) is 0 Å². The standard InChI is InChI=1S/C27H29N5O5S/c1-19(20-5-7-23(8-6-20)29-26(33)22-4-3-15-28-18-22)30-31-27(34)21-13-16-32(17-14-21)38(35,36)25-11-9-24(37-2)10-12-25/h3-12,15,18,21H,13-14,16-17H2,1-2H3,(H,29,33)(H,31,34)/b30-19+. The predicted octanol–water partition coefficient (Wildman–Crippen LogP) is 3.28. The average molecular weight is 536 g/mol. The van der Waals surface area contributed by atoms with Crippen molar-refractivity contribution < 1.29 is 22.7 Å². The van der Waals surface area contributed by atoms with Gasteiger partial charge in [0.05, 0.1) is 23.3 Å². The number of methoxy groups -OCH3 is 1. The molecule has 2 N–H and O–H groups in total. The normalized spacial score (nSPS) is 15.1. The highest BCUT2D eigenvalue weighted by atomic mass is 32.2. The number of rotatable bonds is 8. The third-order valence-corrected chi connectivity index (χ3v) is 8.25. The monoisotopic (exact) mass is 535 g/mol. The molecule has 3 aromatic rings. The summed E-state index contributed by atoms with van der Waals surface area (Å²) >= 11 is 0. The average Bonchev–Trinajstić information content (AvgIpc) is 2.96. The predicted molar refractivity (Wildman–Crippen MR) is 143 cm³/mol. The van der Waals surface area contributed by atoms with E-state index in [1.807, 2.05) is 0 Å². The molecule has 0 bridgehead atoms. The third-order valence-electron chi connectivity index (χ3n) is 6.34. The van der Waals surface area contributed by atoms with Crippen LogP contribution in [0, 0.1) is 5.92 Å². The van der Waals surface area contributed by atoms with Crippen LogP contribution >= 0.6 is 0 Å². The second kappa shape index (κ2) is 12.0. The van der Waals surface area contributed by atoms with E-state index in [4.69, 9.17) is 4.74 Å². The highest BCUT2D eigenvalue weighted by molar-refractivity contribution is 7.89. The largest absolute Gasteiger partial charge is 0.497 e. The summed E-state index contributed by atoms with van der Waals surface area (Å²) in [5, 5.41) is 7.02. The Labute approximate surface area is 221 Å². The highest BCUT2D eigenvalue weighted by Gasteiger charge is 2.32. The zero-order valence-corrected chi connectivity index (χ0v) is 21.9. The van der Waals surface area contributed by atoms with Gasteiger partial charge in [0.25, 0.3) is 5.91 Å². The molecule has 11 heteroatoms. The third kappa shape index (κ3) is 6.42. The van der Waals surface area contributed by atoms with Gasteiger partial charge in [0.1, 0.15) is 5.75 Å². The molecule has 1 aliphatic heterocycles. The molecule has 38 heavy (non-hydrogen) atoms. The summed E-state index contributed by atoms with van der Waals surface area (Å²) in [6.45, 7) is 2.27. The van der Waals surface area contributed by atoms with E-state index in [2.05, 4.69) is 20.8 Å². The lowest BCUT2D eigenvalue weighted by atomic mass is 9.98. The van der Waals surface area contributed by atoms with Gasteiger partial charge in [-0.25, -0.2) is 13.8 Å². The van der Waals surface area contributed by atoms with Gasteiger partial charge >= 0.3 is 0 Å². The van der Waals surface area contributed by atoms with Gasteiger partial charge in [-0.05, 0) is 73.9 Å². The number of carbonyl (C=O) groups is 2. The maximum Gasteiger partial charge on any atom is 0.257 e. The molecule has 1 saturated heterocycles. The van der Waals surface area contributed by atoms with Crippen molar-refractivity contribution in [3.05, 3.63) is 84.2 Å². The Morgan fingerprint density at radius 2 is 1.68 bits per heavy atom. The Balaban J connectivity index is 1.29. The Kier molecular flexibility index (Phi) is 8.49. The second-order valence-corrected chi connectivity index (χ2v) is 10.7. The number of piperidine rings is 1. The number of pyridine rings is 1. The minimum absolute atomic E-state index is 0.198. The Bertz CT molecular complexity index is 1400. The van der Waals surface area contributed by atoms with Crippen molar-refractivity contribution in [1.29, 1.82) is 0 Å².